The number of ether oxygens (including phenoxy) is 1. The standard InChI is InChI=1S/C17H29NO/c1-4-6-7-13-19-17-10-8-16(9-11-17)14-15(3)18-12-5-2/h8-11,15,18H,4-7,12-14H2,1-3H3. The minimum Gasteiger partial charge on any atom is -0.494 e. The summed E-state index contributed by atoms with van der Waals surface area (Å²) >= 11 is 0. The molecule has 0 fully saturated rings. The van der Waals surface area contributed by atoms with Gasteiger partial charge >= 0.3 is 0 Å². The summed E-state index contributed by atoms with van der Waals surface area (Å²) in [7, 11) is 0. The quantitative estimate of drug-likeness (QED) is 0.639. The second-order valence-corrected chi connectivity index (χ2v) is 5.26. The van der Waals surface area contributed by atoms with Crippen molar-refractivity contribution in [1.82, 2.24) is 5.32 Å². The molecule has 108 valence electrons. The van der Waals surface area contributed by atoms with Crippen LogP contribution in [0.3, 0.4) is 0 Å². The van der Waals surface area contributed by atoms with Crippen LogP contribution in [-0.4, -0.2) is 19.2 Å². The summed E-state index contributed by atoms with van der Waals surface area (Å²) in [6.45, 7) is 8.58. The largest absolute Gasteiger partial charge is 0.494 e. The Bertz CT molecular complexity index is 321. The number of hydrogen-bond donors (Lipinski definition) is 1. The zero-order valence-electron chi connectivity index (χ0n) is 12.7. The zero-order valence-corrected chi connectivity index (χ0v) is 12.7. The average molecular weight is 263 g/mol. The molecule has 1 aromatic rings. The molecule has 0 aliphatic carbocycles. The summed E-state index contributed by atoms with van der Waals surface area (Å²) in [5, 5.41) is 3.51. The van der Waals surface area contributed by atoms with Gasteiger partial charge in [0.15, 0.2) is 0 Å². The highest BCUT2D eigenvalue weighted by atomic mass is 16.5. The van der Waals surface area contributed by atoms with Crippen molar-refractivity contribution in [1.29, 1.82) is 0 Å². The molecule has 0 spiro atoms. The Balaban J connectivity index is 2.30. The molecule has 2 heteroatoms. The summed E-state index contributed by atoms with van der Waals surface area (Å²) in [4.78, 5) is 0. The number of nitrogens with one attached hydrogen (secondary N) is 1. The Kier molecular flexibility index (Phi) is 8.31. The molecule has 1 N–H and O–H groups in total. The monoisotopic (exact) mass is 263 g/mol. The van der Waals surface area contributed by atoms with E-state index in [0.717, 1.165) is 31.7 Å². The first kappa shape index (κ1) is 16.0. The smallest absolute Gasteiger partial charge is 0.119 e. The molecule has 0 heterocycles. The number of rotatable bonds is 10. The van der Waals surface area contributed by atoms with E-state index in [0.29, 0.717) is 6.04 Å². The van der Waals surface area contributed by atoms with Crippen molar-refractivity contribution in [2.75, 3.05) is 13.2 Å². The Hall–Kier alpha value is -1.02. The summed E-state index contributed by atoms with van der Waals surface area (Å²) < 4.78 is 5.72. The lowest BCUT2D eigenvalue weighted by Crippen LogP contribution is -2.28. The lowest BCUT2D eigenvalue weighted by Gasteiger charge is -2.13. The van der Waals surface area contributed by atoms with Crippen LogP contribution in [-0.2, 0) is 6.42 Å². The molecular formula is C17H29NO. The van der Waals surface area contributed by atoms with Gasteiger partial charge < -0.3 is 10.1 Å². The minimum atomic E-state index is 0.538. The van der Waals surface area contributed by atoms with E-state index in [1.807, 2.05) is 0 Å². The van der Waals surface area contributed by atoms with Crippen molar-refractivity contribution in [3.05, 3.63) is 29.8 Å². The van der Waals surface area contributed by atoms with Crippen LogP contribution in [0.25, 0.3) is 0 Å². The van der Waals surface area contributed by atoms with E-state index in [-0.39, 0.29) is 0 Å². The molecular weight excluding hydrogens is 234 g/mol. The molecule has 0 aliphatic heterocycles. The molecule has 0 amide bonds. The zero-order chi connectivity index (χ0) is 13.9. The van der Waals surface area contributed by atoms with Gasteiger partial charge in [0.25, 0.3) is 0 Å². The van der Waals surface area contributed by atoms with Gasteiger partial charge in [-0.3, -0.25) is 0 Å². The third-order valence-electron chi connectivity index (χ3n) is 3.22. The molecule has 19 heavy (non-hydrogen) atoms. The van der Waals surface area contributed by atoms with Gasteiger partial charge in [0.1, 0.15) is 5.75 Å². The number of hydrogen-bond acceptors (Lipinski definition) is 2. The van der Waals surface area contributed by atoms with Gasteiger partial charge in [-0.2, -0.15) is 0 Å². The predicted molar refractivity (Wildman–Crippen MR) is 82.9 cm³/mol. The first-order valence-electron chi connectivity index (χ1n) is 7.71. The summed E-state index contributed by atoms with van der Waals surface area (Å²) in [5.74, 6) is 0.994. The fraction of sp³-hybridized carbons (Fsp3) is 0.647. The third-order valence-corrected chi connectivity index (χ3v) is 3.22. The van der Waals surface area contributed by atoms with Crippen molar-refractivity contribution < 1.29 is 4.74 Å². The van der Waals surface area contributed by atoms with Crippen molar-refractivity contribution >= 4 is 0 Å². The van der Waals surface area contributed by atoms with Gasteiger partial charge in [0.05, 0.1) is 6.61 Å². The van der Waals surface area contributed by atoms with Crippen LogP contribution in [0.2, 0.25) is 0 Å². The van der Waals surface area contributed by atoms with E-state index in [1.54, 1.807) is 0 Å². The molecule has 0 aliphatic rings. The average Bonchev–Trinajstić information content (AvgIpc) is 2.43. The SMILES string of the molecule is CCCCCOc1ccc(CC(C)NCCC)cc1. The van der Waals surface area contributed by atoms with Crippen LogP contribution in [0.4, 0.5) is 0 Å². The molecule has 0 saturated carbocycles. The molecule has 0 bridgehead atoms. The van der Waals surface area contributed by atoms with E-state index in [1.165, 1.54) is 24.8 Å². The Labute approximate surface area is 118 Å². The maximum absolute atomic E-state index is 5.72. The Morgan fingerprint density at radius 1 is 1.05 bits per heavy atom. The fourth-order valence-electron chi connectivity index (χ4n) is 2.08. The minimum absolute atomic E-state index is 0.538. The lowest BCUT2D eigenvalue weighted by molar-refractivity contribution is 0.306. The van der Waals surface area contributed by atoms with E-state index in [2.05, 4.69) is 50.4 Å². The van der Waals surface area contributed by atoms with E-state index < -0.39 is 0 Å². The predicted octanol–water partition coefficient (Wildman–Crippen LogP) is 4.19. The molecule has 0 radical (unpaired) electrons. The van der Waals surface area contributed by atoms with Crippen molar-refractivity contribution in [2.45, 2.75) is 58.9 Å². The Morgan fingerprint density at radius 2 is 1.79 bits per heavy atom. The molecule has 1 atom stereocenters. The maximum atomic E-state index is 5.72. The van der Waals surface area contributed by atoms with Gasteiger partial charge in [-0.1, -0.05) is 38.8 Å². The van der Waals surface area contributed by atoms with Crippen LogP contribution in [0.5, 0.6) is 5.75 Å². The first-order valence-corrected chi connectivity index (χ1v) is 7.71. The van der Waals surface area contributed by atoms with Crippen LogP contribution >= 0.6 is 0 Å². The van der Waals surface area contributed by atoms with Gasteiger partial charge in [0, 0.05) is 6.04 Å². The molecule has 1 aromatic carbocycles. The van der Waals surface area contributed by atoms with Crippen LogP contribution in [0.15, 0.2) is 24.3 Å². The van der Waals surface area contributed by atoms with Gasteiger partial charge in [-0.25, -0.2) is 0 Å². The summed E-state index contributed by atoms with van der Waals surface area (Å²) in [6, 6.07) is 9.08. The Morgan fingerprint density at radius 3 is 2.42 bits per heavy atom. The highest BCUT2D eigenvalue weighted by Gasteiger charge is 2.02. The van der Waals surface area contributed by atoms with E-state index in [9.17, 15) is 0 Å². The van der Waals surface area contributed by atoms with Crippen molar-refractivity contribution in [3.63, 3.8) is 0 Å². The maximum Gasteiger partial charge on any atom is 0.119 e. The second-order valence-electron chi connectivity index (χ2n) is 5.26. The molecule has 1 rings (SSSR count). The van der Waals surface area contributed by atoms with Crippen molar-refractivity contribution in [2.24, 2.45) is 0 Å². The van der Waals surface area contributed by atoms with Crippen LogP contribution < -0.4 is 10.1 Å². The molecule has 0 aromatic heterocycles. The van der Waals surface area contributed by atoms with E-state index in [4.69, 9.17) is 4.74 Å². The number of benzene rings is 1. The van der Waals surface area contributed by atoms with Gasteiger partial charge in [-0.15, -0.1) is 0 Å². The van der Waals surface area contributed by atoms with Crippen LogP contribution in [0, 0.1) is 0 Å². The summed E-state index contributed by atoms with van der Waals surface area (Å²) in [6.07, 6.45) is 5.91. The van der Waals surface area contributed by atoms with Crippen molar-refractivity contribution in [3.8, 4) is 5.75 Å². The number of unbranched alkanes of at least 4 members (excludes halogenated alkanes) is 2. The highest BCUT2D eigenvalue weighted by molar-refractivity contribution is 5.27. The van der Waals surface area contributed by atoms with Crippen LogP contribution in [0.1, 0.15) is 52.0 Å². The highest BCUT2D eigenvalue weighted by Crippen LogP contribution is 2.14. The van der Waals surface area contributed by atoms with Gasteiger partial charge in [-0.05, 0) is 50.4 Å². The lowest BCUT2D eigenvalue weighted by atomic mass is 10.1. The first-order chi connectivity index (χ1) is 9.26. The molecule has 1 unspecified atom stereocenters. The topological polar surface area (TPSA) is 21.3 Å². The fourth-order valence-corrected chi connectivity index (χ4v) is 2.08. The second kappa shape index (κ2) is 9.85. The van der Waals surface area contributed by atoms with Gasteiger partial charge in [0.2, 0.25) is 0 Å². The third kappa shape index (κ3) is 7.22. The molecule has 2 nitrogen and oxygen atoms in total. The molecule has 0 saturated heterocycles. The van der Waals surface area contributed by atoms with E-state index >= 15 is 0 Å². The summed E-state index contributed by atoms with van der Waals surface area (Å²) in [5.41, 5.74) is 1.37. The normalized spacial score (nSPS) is 12.4.